The number of thiazole rings is 1. The van der Waals surface area contributed by atoms with Gasteiger partial charge in [-0.3, -0.25) is 0 Å². The number of likely N-dealkylation sites (tertiary alicyclic amines) is 1. The van der Waals surface area contributed by atoms with Crippen molar-refractivity contribution in [3.05, 3.63) is 15.6 Å². The molecule has 2 rings (SSSR count). The van der Waals surface area contributed by atoms with Crippen molar-refractivity contribution in [2.24, 2.45) is 5.92 Å². The highest BCUT2D eigenvalue weighted by Gasteiger charge is 2.25. The fourth-order valence-electron chi connectivity index (χ4n) is 2.79. The van der Waals surface area contributed by atoms with E-state index in [1.165, 1.54) is 4.88 Å². The predicted molar refractivity (Wildman–Crippen MR) is 84.7 cm³/mol. The molecule has 1 atom stereocenters. The Morgan fingerprint density at radius 2 is 2.14 bits per heavy atom. The zero-order valence-electron chi connectivity index (χ0n) is 13.1. The van der Waals surface area contributed by atoms with Crippen molar-refractivity contribution in [3.8, 4) is 0 Å². The number of aryl methyl sites for hydroxylation is 2. The molecule has 0 aromatic carbocycles. The van der Waals surface area contributed by atoms with Gasteiger partial charge < -0.3 is 15.3 Å². The lowest BCUT2D eigenvalue weighted by Crippen LogP contribution is -2.46. The first-order chi connectivity index (χ1) is 9.97. The van der Waals surface area contributed by atoms with Gasteiger partial charge in [-0.1, -0.05) is 0 Å². The first-order valence-corrected chi connectivity index (χ1v) is 8.42. The molecule has 0 bridgehead atoms. The molecule has 6 heteroatoms. The third-order valence-electron chi connectivity index (χ3n) is 4.14. The molecular formula is C15H25N3O2S. The monoisotopic (exact) mass is 311 g/mol. The van der Waals surface area contributed by atoms with Gasteiger partial charge in [-0.2, -0.15) is 0 Å². The average molecular weight is 311 g/mol. The van der Waals surface area contributed by atoms with E-state index < -0.39 is 0 Å². The lowest BCUT2D eigenvalue weighted by atomic mass is 9.92. The number of rotatable bonds is 4. The van der Waals surface area contributed by atoms with E-state index in [4.69, 9.17) is 0 Å². The number of aromatic nitrogens is 1. The molecular weight excluding hydrogens is 286 g/mol. The van der Waals surface area contributed by atoms with Crippen molar-refractivity contribution in [2.45, 2.75) is 46.1 Å². The molecule has 1 aliphatic rings. The second-order valence-corrected chi connectivity index (χ2v) is 7.08. The summed E-state index contributed by atoms with van der Waals surface area (Å²) in [6.07, 6.45) is 2.34. The summed E-state index contributed by atoms with van der Waals surface area (Å²) in [4.78, 5) is 19.6. The molecule has 0 spiro atoms. The number of aliphatic hydroxyl groups is 1. The molecule has 1 aliphatic heterocycles. The van der Waals surface area contributed by atoms with Crippen LogP contribution in [0.1, 0.15) is 35.3 Å². The van der Waals surface area contributed by atoms with Gasteiger partial charge in [-0.05, 0) is 39.5 Å². The van der Waals surface area contributed by atoms with Crippen LogP contribution in [0.25, 0.3) is 0 Å². The molecule has 1 aromatic heterocycles. The Bertz CT molecular complexity index is 479. The Labute approximate surface area is 130 Å². The van der Waals surface area contributed by atoms with Crippen LogP contribution in [0.4, 0.5) is 4.79 Å². The highest BCUT2D eigenvalue weighted by molar-refractivity contribution is 7.11. The Hall–Kier alpha value is -1.14. The van der Waals surface area contributed by atoms with Gasteiger partial charge in [0, 0.05) is 30.9 Å². The summed E-state index contributed by atoms with van der Waals surface area (Å²) in [6, 6.07) is 0.0120. The van der Waals surface area contributed by atoms with E-state index in [1.54, 1.807) is 11.3 Å². The summed E-state index contributed by atoms with van der Waals surface area (Å²) in [5, 5.41) is 13.6. The molecule has 2 amide bonds. The van der Waals surface area contributed by atoms with E-state index in [0.29, 0.717) is 12.5 Å². The summed E-state index contributed by atoms with van der Waals surface area (Å²) in [5.41, 5.74) is 1.07. The number of urea groups is 1. The largest absolute Gasteiger partial charge is 0.393 e. The van der Waals surface area contributed by atoms with E-state index in [1.807, 2.05) is 25.7 Å². The lowest BCUT2D eigenvalue weighted by molar-refractivity contribution is 0.0799. The number of amides is 2. The molecule has 0 saturated carbocycles. The van der Waals surface area contributed by atoms with Gasteiger partial charge in [0.2, 0.25) is 0 Å². The molecule has 21 heavy (non-hydrogen) atoms. The van der Waals surface area contributed by atoms with Gasteiger partial charge in [0.05, 0.1) is 16.8 Å². The minimum Gasteiger partial charge on any atom is -0.393 e. The van der Waals surface area contributed by atoms with E-state index in [-0.39, 0.29) is 12.1 Å². The summed E-state index contributed by atoms with van der Waals surface area (Å²) in [7, 11) is 0. The van der Waals surface area contributed by atoms with Gasteiger partial charge in [0.15, 0.2) is 0 Å². The van der Waals surface area contributed by atoms with Crippen molar-refractivity contribution in [1.29, 1.82) is 0 Å². The number of carbonyl (C=O) groups excluding carboxylic acids is 1. The van der Waals surface area contributed by atoms with Crippen LogP contribution in [0.2, 0.25) is 0 Å². The van der Waals surface area contributed by atoms with Crippen LogP contribution in [0, 0.1) is 19.8 Å². The molecule has 118 valence electrons. The molecule has 5 nitrogen and oxygen atoms in total. The molecule has 2 N–H and O–H groups in total. The van der Waals surface area contributed by atoms with Gasteiger partial charge >= 0.3 is 6.03 Å². The standard InChI is InChI=1S/C15H25N3O2S/c1-10-14(21-12(3)17-10)4-7-16-15(20)18-8-5-13(6-9-18)11(2)19/h11,13,19H,4-9H2,1-3H3,(H,16,20). The van der Waals surface area contributed by atoms with Crippen molar-refractivity contribution < 1.29 is 9.90 Å². The molecule has 1 fully saturated rings. The number of hydrogen-bond donors (Lipinski definition) is 2. The molecule has 1 unspecified atom stereocenters. The summed E-state index contributed by atoms with van der Waals surface area (Å²) >= 11 is 1.70. The molecule has 2 heterocycles. The van der Waals surface area contributed by atoms with Crippen LogP contribution >= 0.6 is 11.3 Å². The summed E-state index contributed by atoms with van der Waals surface area (Å²) < 4.78 is 0. The first-order valence-electron chi connectivity index (χ1n) is 7.61. The Kier molecular flexibility index (Phi) is 5.58. The van der Waals surface area contributed by atoms with Crippen LogP contribution < -0.4 is 5.32 Å². The van der Waals surface area contributed by atoms with E-state index in [2.05, 4.69) is 10.3 Å². The van der Waals surface area contributed by atoms with Crippen molar-refractivity contribution in [2.75, 3.05) is 19.6 Å². The Morgan fingerprint density at radius 3 is 2.67 bits per heavy atom. The zero-order chi connectivity index (χ0) is 15.4. The maximum absolute atomic E-state index is 12.1. The molecule has 0 aliphatic carbocycles. The quantitative estimate of drug-likeness (QED) is 0.895. The zero-order valence-corrected chi connectivity index (χ0v) is 13.9. The van der Waals surface area contributed by atoms with Crippen LogP contribution in [0.5, 0.6) is 0 Å². The SMILES string of the molecule is Cc1nc(C)c(CCNC(=O)N2CCC(C(C)O)CC2)s1. The highest BCUT2D eigenvalue weighted by atomic mass is 32.1. The van der Waals surface area contributed by atoms with Crippen molar-refractivity contribution >= 4 is 17.4 Å². The van der Waals surface area contributed by atoms with Crippen molar-refractivity contribution in [3.63, 3.8) is 0 Å². The number of nitrogens with zero attached hydrogens (tertiary/aromatic N) is 2. The van der Waals surface area contributed by atoms with Crippen LogP contribution in [0.15, 0.2) is 0 Å². The maximum Gasteiger partial charge on any atom is 0.317 e. The second kappa shape index (κ2) is 7.22. The van der Waals surface area contributed by atoms with Gasteiger partial charge in [0.25, 0.3) is 0 Å². The number of aliphatic hydroxyl groups excluding tert-OH is 1. The van der Waals surface area contributed by atoms with Crippen molar-refractivity contribution in [1.82, 2.24) is 15.2 Å². The normalized spacial score (nSPS) is 17.8. The number of hydrogen-bond acceptors (Lipinski definition) is 4. The minimum atomic E-state index is -0.271. The summed E-state index contributed by atoms with van der Waals surface area (Å²) in [6.45, 7) is 7.98. The lowest BCUT2D eigenvalue weighted by Gasteiger charge is -2.33. The molecule has 1 saturated heterocycles. The number of piperidine rings is 1. The van der Waals surface area contributed by atoms with Gasteiger partial charge in [-0.25, -0.2) is 9.78 Å². The smallest absolute Gasteiger partial charge is 0.317 e. The molecule has 0 radical (unpaired) electrons. The van der Waals surface area contributed by atoms with Gasteiger partial charge in [-0.15, -0.1) is 11.3 Å². The van der Waals surface area contributed by atoms with Crippen LogP contribution in [-0.4, -0.2) is 46.8 Å². The predicted octanol–water partition coefficient (Wildman–Crippen LogP) is 2.10. The maximum atomic E-state index is 12.1. The van der Waals surface area contributed by atoms with E-state index in [0.717, 1.165) is 43.1 Å². The first kappa shape index (κ1) is 16.2. The second-order valence-electron chi connectivity index (χ2n) is 5.79. The highest BCUT2D eigenvalue weighted by Crippen LogP contribution is 2.20. The fraction of sp³-hybridized carbons (Fsp3) is 0.733. The summed E-state index contributed by atoms with van der Waals surface area (Å²) in [5.74, 6) is 0.330. The average Bonchev–Trinajstić information content (AvgIpc) is 2.77. The number of nitrogens with one attached hydrogen (secondary N) is 1. The van der Waals surface area contributed by atoms with E-state index in [9.17, 15) is 9.90 Å². The third kappa shape index (κ3) is 4.41. The fourth-order valence-corrected chi connectivity index (χ4v) is 3.72. The van der Waals surface area contributed by atoms with Gasteiger partial charge in [0.1, 0.15) is 0 Å². The Morgan fingerprint density at radius 1 is 1.48 bits per heavy atom. The topological polar surface area (TPSA) is 65.5 Å². The third-order valence-corrected chi connectivity index (χ3v) is 5.27. The van der Waals surface area contributed by atoms with E-state index >= 15 is 0 Å². The minimum absolute atomic E-state index is 0.0120. The van der Waals surface area contributed by atoms with Crippen LogP contribution in [0.3, 0.4) is 0 Å². The Balaban J connectivity index is 1.72. The number of carbonyl (C=O) groups is 1. The molecule has 1 aromatic rings. The van der Waals surface area contributed by atoms with Crippen LogP contribution in [-0.2, 0) is 6.42 Å².